The number of rotatable bonds is 6. The van der Waals surface area contributed by atoms with E-state index in [-0.39, 0.29) is 17.1 Å². The molecule has 1 N–H and O–H groups in total. The molecular formula is C12H12N4O4S2. The van der Waals surface area contributed by atoms with Crippen LogP contribution in [0.3, 0.4) is 0 Å². The van der Waals surface area contributed by atoms with Gasteiger partial charge in [-0.25, -0.2) is 0 Å². The third-order valence-electron chi connectivity index (χ3n) is 2.74. The van der Waals surface area contributed by atoms with Gasteiger partial charge in [0.2, 0.25) is 0 Å². The third kappa shape index (κ3) is 4.46. The van der Waals surface area contributed by atoms with Crippen LogP contribution in [-0.4, -0.2) is 27.1 Å². The number of hydrogen-bond donors (Lipinski definition) is 1. The first-order valence-corrected chi connectivity index (χ1v) is 8.19. The molecule has 22 heavy (non-hydrogen) atoms. The van der Waals surface area contributed by atoms with E-state index in [0.29, 0.717) is 5.25 Å². The highest BCUT2D eigenvalue weighted by atomic mass is 32.2. The maximum absolute atomic E-state index is 11.0. The summed E-state index contributed by atoms with van der Waals surface area (Å²) >= 11 is 3.45. The molecule has 2 rings (SSSR count). The SMILES string of the molecule is O=[N+]([O-])c1ccc(NN=CCC2CSC=CS2)c([N+](=O)[O-])c1. The average molecular weight is 340 g/mol. The summed E-state index contributed by atoms with van der Waals surface area (Å²) in [6, 6.07) is 3.39. The quantitative estimate of drug-likeness (QED) is 0.478. The molecule has 1 unspecified atom stereocenters. The van der Waals surface area contributed by atoms with Crippen molar-refractivity contribution in [3.63, 3.8) is 0 Å². The molecule has 0 spiro atoms. The van der Waals surface area contributed by atoms with E-state index in [0.717, 1.165) is 18.2 Å². The van der Waals surface area contributed by atoms with Crippen molar-refractivity contribution < 1.29 is 9.85 Å². The van der Waals surface area contributed by atoms with Crippen molar-refractivity contribution in [2.45, 2.75) is 11.7 Å². The number of benzene rings is 1. The first kappa shape index (κ1) is 16.3. The molecule has 0 radical (unpaired) electrons. The molecule has 1 heterocycles. The van der Waals surface area contributed by atoms with Crippen LogP contribution < -0.4 is 5.43 Å². The maximum Gasteiger partial charge on any atom is 0.301 e. The lowest BCUT2D eigenvalue weighted by Crippen LogP contribution is -2.08. The fourth-order valence-electron chi connectivity index (χ4n) is 1.67. The zero-order chi connectivity index (χ0) is 15.9. The van der Waals surface area contributed by atoms with Gasteiger partial charge in [0.25, 0.3) is 5.69 Å². The van der Waals surface area contributed by atoms with Crippen molar-refractivity contribution in [2.75, 3.05) is 11.2 Å². The van der Waals surface area contributed by atoms with Gasteiger partial charge in [-0.1, -0.05) is 0 Å². The van der Waals surface area contributed by atoms with Crippen LogP contribution in [0, 0.1) is 20.2 Å². The van der Waals surface area contributed by atoms with Gasteiger partial charge >= 0.3 is 5.69 Å². The summed E-state index contributed by atoms with van der Waals surface area (Å²) in [5, 5.41) is 30.0. The summed E-state index contributed by atoms with van der Waals surface area (Å²) in [5.41, 5.74) is 1.99. The Morgan fingerprint density at radius 2 is 2.14 bits per heavy atom. The lowest BCUT2D eigenvalue weighted by molar-refractivity contribution is -0.393. The van der Waals surface area contributed by atoms with E-state index in [1.165, 1.54) is 12.1 Å². The van der Waals surface area contributed by atoms with Crippen molar-refractivity contribution in [2.24, 2.45) is 5.10 Å². The van der Waals surface area contributed by atoms with Gasteiger partial charge in [0, 0.05) is 23.3 Å². The molecule has 0 saturated carbocycles. The number of nitrogens with zero attached hydrogens (tertiary/aromatic N) is 3. The smallest absolute Gasteiger partial charge is 0.272 e. The summed E-state index contributed by atoms with van der Waals surface area (Å²) in [6.45, 7) is 0. The number of nitro benzene ring substituents is 2. The van der Waals surface area contributed by atoms with E-state index in [1.807, 2.05) is 10.8 Å². The number of anilines is 1. The molecule has 0 amide bonds. The van der Waals surface area contributed by atoms with Gasteiger partial charge in [-0.05, 0) is 23.3 Å². The van der Waals surface area contributed by atoms with Crippen molar-refractivity contribution in [3.05, 3.63) is 49.2 Å². The Kier molecular flexibility index (Phi) is 5.78. The second-order valence-corrected chi connectivity index (χ2v) is 6.39. The molecule has 116 valence electrons. The number of hydrogen-bond acceptors (Lipinski definition) is 8. The number of thioether (sulfide) groups is 2. The number of nitrogens with one attached hydrogen (secondary N) is 1. The van der Waals surface area contributed by atoms with Crippen molar-refractivity contribution >= 4 is 46.8 Å². The lowest BCUT2D eigenvalue weighted by atomic mass is 10.2. The summed E-state index contributed by atoms with van der Waals surface area (Å²) < 4.78 is 0. The molecule has 0 saturated heterocycles. The minimum Gasteiger partial charge on any atom is -0.272 e. The average Bonchev–Trinajstić information content (AvgIpc) is 2.52. The summed E-state index contributed by atoms with van der Waals surface area (Å²) in [5.74, 6) is 0.991. The van der Waals surface area contributed by atoms with Crippen LogP contribution in [0.5, 0.6) is 0 Å². The Morgan fingerprint density at radius 3 is 2.77 bits per heavy atom. The van der Waals surface area contributed by atoms with Crippen LogP contribution in [0.15, 0.2) is 34.1 Å². The topological polar surface area (TPSA) is 111 Å². The van der Waals surface area contributed by atoms with Crippen molar-refractivity contribution in [3.8, 4) is 0 Å². The van der Waals surface area contributed by atoms with Crippen LogP contribution in [0.2, 0.25) is 0 Å². The molecule has 1 aliphatic rings. The summed E-state index contributed by atoms with van der Waals surface area (Å²) in [6.07, 6.45) is 2.39. The highest BCUT2D eigenvalue weighted by molar-refractivity contribution is 8.09. The third-order valence-corrected chi connectivity index (χ3v) is 5.08. The van der Waals surface area contributed by atoms with Gasteiger partial charge in [-0.15, -0.1) is 23.5 Å². The molecular weight excluding hydrogens is 328 g/mol. The molecule has 1 aliphatic heterocycles. The standard InChI is InChI=1S/C12H12N4O4S2/c17-15(18)9-1-2-11(12(7-9)16(19)20)14-13-4-3-10-8-21-5-6-22-10/h1-2,4-7,10,14H,3,8H2. The van der Waals surface area contributed by atoms with E-state index in [1.54, 1.807) is 29.7 Å². The minimum absolute atomic E-state index is 0.123. The lowest BCUT2D eigenvalue weighted by Gasteiger charge is -2.13. The van der Waals surface area contributed by atoms with E-state index < -0.39 is 9.85 Å². The van der Waals surface area contributed by atoms with E-state index in [2.05, 4.69) is 10.5 Å². The zero-order valence-corrected chi connectivity index (χ0v) is 12.9. The molecule has 0 aromatic heterocycles. The zero-order valence-electron chi connectivity index (χ0n) is 11.2. The van der Waals surface area contributed by atoms with Gasteiger partial charge < -0.3 is 0 Å². The van der Waals surface area contributed by atoms with Gasteiger partial charge in [-0.3, -0.25) is 25.7 Å². The van der Waals surface area contributed by atoms with Crippen LogP contribution in [0.1, 0.15) is 6.42 Å². The molecule has 1 aromatic rings. The minimum atomic E-state index is -0.677. The molecule has 1 atom stereocenters. The highest BCUT2D eigenvalue weighted by Crippen LogP contribution is 2.29. The molecule has 1 aromatic carbocycles. The van der Waals surface area contributed by atoms with E-state index >= 15 is 0 Å². The molecule has 0 bridgehead atoms. The Hall–Kier alpha value is -2.07. The van der Waals surface area contributed by atoms with Crippen molar-refractivity contribution in [1.29, 1.82) is 0 Å². The monoisotopic (exact) mass is 340 g/mol. The second-order valence-electron chi connectivity index (χ2n) is 4.24. The Bertz CT molecular complexity index is 636. The van der Waals surface area contributed by atoms with Gasteiger partial charge in [0.1, 0.15) is 5.69 Å². The summed E-state index contributed by atoms with van der Waals surface area (Å²) in [7, 11) is 0. The Labute approximate surface area is 134 Å². The molecule has 0 fully saturated rings. The van der Waals surface area contributed by atoms with Crippen LogP contribution in [0.4, 0.5) is 17.1 Å². The number of nitro groups is 2. The predicted molar refractivity (Wildman–Crippen MR) is 89.5 cm³/mol. The summed E-state index contributed by atoms with van der Waals surface area (Å²) in [4.78, 5) is 20.2. The van der Waals surface area contributed by atoms with Crippen LogP contribution in [0.25, 0.3) is 0 Å². The predicted octanol–water partition coefficient (Wildman–Crippen LogP) is 3.61. The molecule has 10 heteroatoms. The normalized spacial score (nSPS) is 17.5. The van der Waals surface area contributed by atoms with E-state index in [9.17, 15) is 20.2 Å². The van der Waals surface area contributed by atoms with Crippen LogP contribution >= 0.6 is 23.5 Å². The molecule has 8 nitrogen and oxygen atoms in total. The second kappa shape index (κ2) is 7.80. The Morgan fingerprint density at radius 1 is 1.32 bits per heavy atom. The fourth-order valence-corrected chi connectivity index (χ4v) is 3.67. The first-order chi connectivity index (χ1) is 10.6. The van der Waals surface area contributed by atoms with Gasteiger partial charge in [-0.2, -0.15) is 5.10 Å². The van der Waals surface area contributed by atoms with E-state index in [4.69, 9.17) is 0 Å². The Balaban J connectivity index is 2.00. The number of hydrazone groups is 1. The highest BCUT2D eigenvalue weighted by Gasteiger charge is 2.19. The van der Waals surface area contributed by atoms with Gasteiger partial charge in [0.15, 0.2) is 0 Å². The maximum atomic E-state index is 11.0. The fraction of sp³-hybridized carbons (Fsp3) is 0.250. The van der Waals surface area contributed by atoms with Crippen LogP contribution in [-0.2, 0) is 0 Å². The number of non-ortho nitro benzene ring substituents is 1. The van der Waals surface area contributed by atoms with Crippen molar-refractivity contribution in [1.82, 2.24) is 0 Å². The van der Waals surface area contributed by atoms with Gasteiger partial charge in [0.05, 0.1) is 15.9 Å². The molecule has 0 aliphatic carbocycles. The first-order valence-electron chi connectivity index (χ1n) is 6.20. The largest absolute Gasteiger partial charge is 0.301 e.